The summed E-state index contributed by atoms with van der Waals surface area (Å²) in [5.74, 6) is -6.29. The maximum absolute atomic E-state index is 13.7. The van der Waals surface area contributed by atoms with Gasteiger partial charge < -0.3 is 4.74 Å². The van der Waals surface area contributed by atoms with Gasteiger partial charge in [-0.2, -0.15) is 0 Å². The molecular weight excluding hydrogens is 437 g/mol. The molecule has 4 atom stereocenters. The van der Waals surface area contributed by atoms with Crippen LogP contribution in [0.1, 0.15) is 18.4 Å². The first-order valence-corrected chi connectivity index (χ1v) is 10.2. The largest absolute Gasteiger partial charge is 0.475 e. The second-order valence-electron chi connectivity index (χ2n) is 6.75. The monoisotopic (exact) mass is 451 g/mol. The molecule has 0 bridgehead atoms. The normalized spacial score (nSPS) is 31.7. The zero-order valence-corrected chi connectivity index (χ0v) is 16.0. The highest BCUT2D eigenvalue weighted by Gasteiger charge is 2.49. The van der Waals surface area contributed by atoms with Gasteiger partial charge in [-0.15, -0.1) is 0 Å². The van der Waals surface area contributed by atoms with E-state index in [4.69, 9.17) is 18.3 Å². The highest BCUT2D eigenvalue weighted by Crippen LogP contribution is 2.56. The second kappa shape index (κ2) is 7.86. The maximum atomic E-state index is 13.7. The predicted molar refractivity (Wildman–Crippen MR) is 88.5 cm³/mol. The number of rotatable bonds is 4. The standard InChI is InChI=1S/C17H14F4NO7P/c18-8-1-10(19)9(11(20)2-8)6-26-30(25)27-7-15-14(29-30)4-17(28-15)22-5-12(21)13(23)3-16(22)24/h1-2,5,14-15,17H,3-4,6-7H2/t14-,15+,17+,30-/m0/s1. The number of hydrogen-bond acceptors (Lipinski definition) is 7. The van der Waals surface area contributed by atoms with E-state index in [1.165, 1.54) is 0 Å². The van der Waals surface area contributed by atoms with Gasteiger partial charge in [0.15, 0.2) is 5.83 Å². The van der Waals surface area contributed by atoms with E-state index < -0.39 is 79.8 Å². The summed E-state index contributed by atoms with van der Waals surface area (Å²) in [4.78, 5) is 24.1. The quantitative estimate of drug-likeness (QED) is 0.395. The molecule has 0 N–H and O–H groups in total. The zero-order valence-electron chi connectivity index (χ0n) is 15.1. The van der Waals surface area contributed by atoms with Gasteiger partial charge in [-0.25, -0.2) is 22.1 Å². The summed E-state index contributed by atoms with van der Waals surface area (Å²) < 4.78 is 87.4. The van der Waals surface area contributed by atoms with Crippen LogP contribution in [0.3, 0.4) is 0 Å². The van der Waals surface area contributed by atoms with Gasteiger partial charge in [-0.3, -0.25) is 28.1 Å². The number of Topliss-reactive ketones (excluding diaryl/α,β-unsaturated/α-hetero) is 1. The molecule has 3 heterocycles. The van der Waals surface area contributed by atoms with Crippen LogP contribution in [-0.4, -0.2) is 41.6 Å². The summed E-state index contributed by atoms with van der Waals surface area (Å²) in [5.41, 5.74) is -0.661. The number of carbonyl (C=O) groups excluding carboxylic acids is 2. The first kappa shape index (κ1) is 21.1. The molecule has 8 nitrogen and oxygen atoms in total. The lowest BCUT2D eigenvalue weighted by molar-refractivity contribution is -0.146. The summed E-state index contributed by atoms with van der Waals surface area (Å²) in [6.45, 7) is -1.14. The number of carbonyl (C=O) groups is 2. The van der Waals surface area contributed by atoms with Gasteiger partial charge in [-0.05, 0) is 0 Å². The van der Waals surface area contributed by atoms with Crippen molar-refractivity contribution in [3.05, 3.63) is 47.2 Å². The van der Waals surface area contributed by atoms with Gasteiger partial charge in [0, 0.05) is 24.8 Å². The molecule has 13 heteroatoms. The highest BCUT2D eigenvalue weighted by atomic mass is 31.2. The number of benzene rings is 1. The topological polar surface area (TPSA) is 91.4 Å². The Labute approximate surface area is 166 Å². The van der Waals surface area contributed by atoms with Crippen molar-refractivity contribution in [1.82, 2.24) is 4.90 Å². The molecule has 0 unspecified atom stereocenters. The Morgan fingerprint density at radius 2 is 1.83 bits per heavy atom. The van der Waals surface area contributed by atoms with Gasteiger partial charge in [-0.1, -0.05) is 0 Å². The van der Waals surface area contributed by atoms with Crippen LogP contribution in [0, 0.1) is 17.5 Å². The number of halogens is 4. The molecule has 2 saturated heterocycles. The molecular formula is C17H14F4NO7P. The van der Waals surface area contributed by atoms with E-state index in [0.717, 1.165) is 11.1 Å². The number of phosphoric ester groups is 1. The third-order valence-corrected chi connectivity index (χ3v) is 6.18. The molecule has 0 radical (unpaired) electrons. The fraction of sp³-hybridized carbons (Fsp3) is 0.412. The smallest absolute Gasteiger partial charge is 0.349 e. The predicted octanol–water partition coefficient (Wildman–Crippen LogP) is 2.87. The van der Waals surface area contributed by atoms with Crippen LogP contribution in [0.5, 0.6) is 0 Å². The van der Waals surface area contributed by atoms with Crippen molar-refractivity contribution >= 4 is 19.5 Å². The summed E-state index contributed by atoms with van der Waals surface area (Å²) in [6, 6.07) is 0.886. The van der Waals surface area contributed by atoms with Crippen molar-refractivity contribution in [3.63, 3.8) is 0 Å². The lowest BCUT2D eigenvalue weighted by Crippen LogP contribution is -2.40. The maximum Gasteiger partial charge on any atom is 0.475 e. The molecule has 0 aromatic heterocycles. The summed E-state index contributed by atoms with van der Waals surface area (Å²) in [7, 11) is -4.26. The number of ether oxygens (including phenoxy) is 1. The Morgan fingerprint density at radius 1 is 1.13 bits per heavy atom. The van der Waals surface area contributed by atoms with Crippen LogP contribution in [0.4, 0.5) is 17.6 Å². The molecule has 1 amide bonds. The fourth-order valence-corrected chi connectivity index (χ4v) is 4.60. The Kier molecular flexibility index (Phi) is 5.54. The third-order valence-electron chi connectivity index (χ3n) is 4.74. The van der Waals surface area contributed by atoms with E-state index in [0.29, 0.717) is 12.1 Å². The average molecular weight is 451 g/mol. The minimum absolute atomic E-state index is 0.0373. The van der Waals surface area contributed by atoms with E-state index in [1.54, 1.807) is 0 Å². The van der Waals surface area contributed by atoms with Crippen LogP contribution >= 0.6 is 7.82 Å². The van der Waals surface area contributed by atoms with Gasteiger partial charge in [0.2, 0.25) is 11.7 Å². The number of allylic oxidation sites excluding steroid dienone is 1. The minimum Gasteiger partial charge on any atom is -0.349 e. The van der Waals surface area contributed by atoms with E-state index in [-0.39, 0.29) is 13.0 Å². The van der Waals surface area contributed by atoms with E-state index >= 15 is 0 Å². The summed E-state index contributed by atoms with van der Waals surface area (Å²) >= 11 is 0. The number of nitrogens with zero attached hydrogens (tertiary/aromatic N) is 1. The van der Waals surface area contributed by atoms with Crippen molar-refractivity contribution in [1.29, 1.82) is 0 Å². The summed E-state index contributed by atoms with van der Waals surface area (Å²) in [5, 5.41) is 0. The number of fused-ring (bicyclic) bond motifs is 1. The van der Waals surface area contributed by atoms with Gasteiger partial charge >= 0.3 is 7.82 Å². The summed E-state index contributed by atoms with van der Waals surface area (Å²) in [6.07, 6.45) is -2.61. The zero-order chi connectivity index (χ0) is 21.6. The Hall–Kier alpha value is -2.11. The van der Waals surface area contributed by atoms with Crippen LogP contribution < -0.4 is 0 Å². The van der Waals surface area contributed by atoms with E-state index in [1.807, 2.05) is 0 Å². The van der Waals surface area contributed by atoms with Crippen LogP contribution in [0.2, 0.25) is 0 Å². The molecule has 1 aromatic carbocycles. The van der Waals surface area contributed by atoms with Crippen molar-refractivity contribution < 1.29 is 50.0 Å². The van der Waals surface area contributed by atoms with Crippen molar-refractivity contribution in [3.8, 4) is 0 Å². The fourth-order valence-electron chi connectivity index (χ4n) is 3.24. The molecule has 30 heavy (non-hydrogen) atoms. The van der Waals surface area contributed by atoms with Gasteiger partial charge in [0.05, 0.1) is 25.2 Å². The first-order chi connectivity index (χ1) is 14.1. The third kappa shape index (κ3) is 4.06. The molecule has 0 saturated carbocycles. The van der Waals surface area contributed by atoms with Crippen LogP contribution in [-0.2, 0) is 39.1 Å². The second-order valence-corrected chi connectivity index (χ2v) is 8.37. The molecule has 0 spiro atoms. The molecule has 1 aromatic rings. The van der Waals surface area contributed by atoms with E-state index in [2.05, 4.69) is 0 Å². The molecule has 3 aliphatic heterocycles. The lowest BCUT2D eigenvalue weighted by Gasteiger charge is -2.30. The Morgan fingerprint density at radius 3 is 2.53 bits per heavy atom. The molecule has 2 fully saturated rings. The Bertz CT molecular complexity index is 964. The van der Waals surface area contributed by atoms with Gasteiger partial charge in [0.25, 0.3) is 0 Å². The number of phosphoric acid groups is 1. The van der Waals surface area contributed by atoms with Crippen molar-refractivity contribution in [2.45, 2.75) is 37.9 Å². The number of ketones is 1. The highest BCUT2D eigenvalue weighted by molar-refractivity contribution is 7.48. The SMILES string of the molecule is O=C1CC(=O)N([C@H]2C[C@@H]3O[P@@](=O)(OCc4c(F)cc(F)cc4F)OC[C@H]3O2)C=C1F. The van der Waals surface area contributed by atoms with E-state index in [9.17, 15) is 31.7 Å². The van der Waals surface area contributed by atoms with Gasteiger partial charge in [0.1, 0.15) is 35.9 Å². The number of hydrogen-bond donors (Lipinski definition) is 0. The first-order valence-electron chi connectivity index (χ1n) is 8.73. The molecule has 4 rings (SSSR count). The van der Waals surface area contributed by atoms with Crippen molar-refractivity contribution in [2.75, 3.05) is 6.61 Å². The lowest BCUT2D eigenvalue weighted by atomic mass is 10.1. The van der Waals surface area contributed by atoms with Crippen LogP contribution in [0.25, 0.3) is 0 Å². The molecule has 3 aliphatic rings. The Balaban J connectivity index is 1.42. The minimum atomic E-state index is -4.26. The number of amides is 1. The molecule has 0 aliphatic carbocycles. The van der Waals surface area contributed by atoms with Crippen molar-refractivity contribution in [2.24, 2.45) is 0 Å². The molecule has 162 valence electrons. The average Bonchev–Trinajstić information content (AvgIpc) is 3.06. The van der Waals surface area contributed by atoms with Crippen LogP contribution in [0.15, 0.2) is 24.2 Å².